The van der Waals surface area contributed by atoms with E-state index >= 15 is 0 Å². The maximum atomic E-state index is 11.0. The SMILES string of the molecule is CC(C)C(=O)NCCCCCO. The lowest BCUT2D eigenvalue weighted by Crippen LogP contribution is -2.28. The van der Waals surface area contributed by atoms with Crippen LogP contribution >= 0.6 is 0 Å². The molecule has 0 rings (SSSR count). The van der Waals surface area contributed by atoms with E-state index in [0.717, 1.165) is 25.8 Å². The Balaban J connectivity index is 3.14. The molecule has 0 saturated heterocycles. The standard InChI is InChI=1S/C9H19NO2/c1-8(2)9(12)10-6-4-3-5-7-11/h8,11H,3-7H2,1-2H3,(H,10,12). The molecule has 0 heterocycles. The minimum Gasteiger partial charge on any atom is -0.396 e. The van der Waals surface area contributed by atoms with Crippen LogP contribution in [0.3, 0.4) is 0 Å². The van der Waals surface area contributed by atoms with Crippen LogP contribution in [0.1, 0.15) is 33.1 Å². The second-order valence-corrected chi connectivity index (χ2v) is 3.23. The van der Waals surface area contributed by atoms with Crippen molar-refractivity contribution in [2.45, 2.75) is 33.1 Å². The molecule has 1 amide bonds. The van der Waals surface area contributed by atoms with Gasteiger partial charge in [0.05, 0.1) is 0 Å². The molecule has 0 spiro atoms. The number of rotatable bonds is 6. The van der Waals surface area contributed by atoms with Crippen LogP contribution in [0.2, 0.25) is 0 Å². The van der Waals surface area contributed by atoms with E-state index in [2.05, 4.69) is 5.32 Å². The Labute approximate surface area is 74.2 Å². The Morgan fingerprint density at radius 2 is 2.00 bits per heavy atom. The second kappa shape index (κ2) is 7.10. The van der Waals surface area contributed by atoms with Crippen molar-refractivity contribution < 1.29 is 9.90 Å². The first-order valence-electron chi connectivity index (χ1n) is 4.57. The molecule has 0 aromatic heterocycles. The van der Waals surface area contributed by atoms with Gasteiger partial charge in [-0.1, -0.05) is 13.8 Å². The fourth-order valence-corrected chi connectivity index (χ4v) is 0.829. The van der Waals surface area contributed by atoms with Gasteiger partial charge in [-0.3, -0.25) is 4.79 Å². The molecule has 0 aliphatic rings. The molecule has 2 N–H and O–H groups in total. The van der Waals surface area contributed by atoms with Crippen molar-refractivity contribution in [3.05, 3.63) is 0 Å². The molecule has 0 fully saturated rings. The van der Waals surface area contributed by atoms with Crippen LogP contribution in [0.5, 0.6) is 0 Å². The van der Waals surface area contributed by atoms with Crippen molar-refractivity contribution in [1.29, 1.82) is 0 Å². The average molecular weight is 173 g/mol. The van der Waals surface area contributed by atoms with Crippen molar-refractivity contribution in [2.75, 3.05) is 13.2 Å². The highest BCUT2D eigenvalue weighted by Crippen LogP contribution is 1.94. The third-order valence-corrected chi connectivity index (χ3v) is 1.66. The zero-order valence-electron chi connectivity index (χ0n) is 7.97. The van der Waals surface area contributed by atoms with Crippen LogP contribution < -0.4 is 5.32 Å². The van der Waals surface area contributed by atoms with Crippen molar-refractivity contribution in [1.82, 2.24) is 5.32 Å². The molecule has 0 aliphatic carbocycles. The third-order valence-electron chi connectivity index (χ3n) is 1.66. The molecular formula is C9H19NO2. The van der Waals surface area contributed by atoms with Crippen LogP contribution in [0, 0.1) is 5.92 Å². The number of unbranched alkanes of at least 4 members (excludes halogenated alkanes) is 2. The van der Waals surface area contributed by atoms with Crippen molar-refractivity contribution in [3.63, 3.8) is 0 Å². The molecule has 72 valence electrons. The summed E-state index contributed by atoms with van der Waals surface area (Å²) >= 11 is 0. The van der Waals surface area contributed by atoms with E-state index in [4.69, 9.17) is 5.11 Å². The number of carbonyl (C=O) groups excluding carboxylic acids is 1. The molecule has 0 saturated carbocycles. The van der Waals surface area contributed by atoms with Crippen molar-refractivity contribution >= 4 is 5.91 Å². The average Bonchev–Trinajstić information content (AvgIpc) is 2.03. The van der Waals surface area contributed by atoms with Crippen LogP contribution in [-0.4, -0.2) is 24.2 Å². The molecule has 0 aliphatic heterocycles. The van der Waals surface area contributed by atoms with Gasteiger partial charge in [-0.05, 0) is 19.3 Å². The molecule has 3 nitrogen and oxygen atoms in total. The van der Waals surface area contributed by atoms with Gasteiger partial charge >= 0.3 is 0 Å². The number of hydrogen-bond acceptors (Lipinski definition) is 2. The second-order valence-electron chi connectivity index (χ2n) is 3.23. The van der Waals surface area contributed by atoms with E-state index in [1.807, 2.05) is 13.8 Å². The quantitative estimate of drug-likeness (QED) is 0.587. The number of hydrogen-bond donors (Lipinski definition) is 2. The van der Waals surface area contributed by atoms with Gasteiger partial charge < -0.3 is 10.4 Å². The molecule has 0 aromatic rings. The number of nitrogens with one attached hydrogen (secondary N) is 1. The molecule has 0 radical (unpaired) electrons. The van der Waals surface area contributed by atoms with Crippen LogP contribution in [0.4, 0.5) is 0 Å². The van der Waals surface area contributed by atoms with Gasteiger partial charge in [-0.25, -0.2) is 0 Å². The largest absolute Gasteiger partial charge is 0.396 e. The van der Waals surface area contributed by atoms with Gasteiger partial charge in [0.25, 0.3) is 0 Å². The van der Waals surface area contributed by atoms with Gasteiger partial charge in [0.1, 0.15) is 0 Å². The molecule has 0 bridgehead atoms. The monoisotopic (exact) mass is 173 g/mol. The van der Waals surface area contributed by atoms with E-state index in [9.17, 15) is 4.79 Å². The van der Waals surface area contributed by atoms with Crippen LogP contribution in [0.15, 0.2) is 0 Å². The highest BCUT2D eigenvalue weighted by atomic mass is 16.2. The Bertz CT molecular complexity index is 124. The Hall–Kier alpha value is -0.570. The maximum Gasteiger partial charge on any atom is 0.222 e. The minimum atomic E-state index is 0.0721. The molecule has 0 atom stereocenters. The fourth-order valence-electron chi connectivity index (χ4n) is 0.829. The van der Waals surface area contributed by atoms with Crippen molar-refractivity contribution in [2.24, 2.45) is 5.92 Å². The lowest BCUT2D eigenvalue weighted by atomic mass is 10.2. The first-order chi connectivity index (χ1) is 5.68. The van der Waals surface area contributed by atoms with Gasteiger partial charge in [-0.15, -0.1) is 0 Å². The number of aliphatic hydroxyl groups excluding tert-OH is 1. The summed E-state index contributed by atoms with van der Waals surface area (Å²) < 4.78 is 0. The summed E-state index contributed by atoms with van der Waals surface area (Å²) in [5.41, 5.74) is 0. The van der Waals surface area contributed by atoms with E-state index in [1.54, 1.807) is 0 Å². The van der Waals surface area contributed by atoms with Gasteiger partial charge in [-0.2, -0.15) is 0 Å². The summed E-state index contributed by atoms with van der Waals surface area (Å²) in [5, 5.41) is 11.3. The molecular weight excluding hydrogens is 154 g/mol. The molecule has 12 heavy (non-hydrogen) atoms. The predicted molar refractivity (Wildman–Crippen MR) is 48.8 cm³/mol. The molecule has 0 aromatic carbocycles. The van der Waals surface area contributed by atoms with E-state index in [0.29, 0.717) is 0 Å². The summed E-state index contributed by atoms with van der Waals surface area (Å²) in [6.07, 6.45) is 2.77. The maximum absolute atomic E-state index is 11.0. The summed E-state index contributed by atoms with van der Waals surface area (Å²) in [7, 11) is 0. The zero-order valence-corrected chi connectivity index (χ0v) is 7.97. The van der Waals surface area contributed by atoms with Crippen molar-refractivity contribution in [3.8, 4) is 0 Å². The Kier molecular flexibility index (Phi) is 6.76. The normalized spacial score (nSPS) is 10.3. The Morgan fingerprint density at radius 3 is 2.50 bits per heavy atom. The fraction of sp³-hybridized carbons (Fsp3) is 0.889. The summed E-state index contributed by atoms with van der Waals surface area (Å²) in [4.78, 5) is 11.0. The molecule has 0 unspecified atom stereocenters. The lowest BCUT2D eigenvalue weighted by molar-refractivity contribution is -0.123. The minimum absolute atomic E-state index is 0.0721. The van der Waals surface area contributed by atoms with E-state index < -0.39 is 0 Å². The van der Waals surface area contributed by atoms with E-state index in [1.165, 1.54) is 0 Å². The van der Waals surface area contributed by atoms with E-state index in [-0.39, 0.29) is 18.4 Å². The first kappa shape index (κ1) is 11.4. The summed E-state index contributed by atoms with van der Waals surface area (Å²) in [6, 6.07) is 0. The topological polar surface area (TPSA) is 49.3 Å². The summed E-state index contributed by atoms with van der Waals surface area (Å²) in [5.74, 6) is 0.182. The predicted octanol–water partition coefficient (Wildman–Crippen LogP) is 0.921. The lowest BCUT2D eigenvalue weighted by Gasteiger charge is -2.06. The third kappa shape index (κ3) is 6.16. The number of aliphatic hydroxyl groups is 1. The smallest absolute Gasteiger partial charge is 0.222 e. The van der Waals surface area contributed by atoms with Gasteiger partial charge in [0.15, 0.2) is 0 Å². The highest BCUT2D eigenvalue weighted by Gasteiger charge is 2.04. The molecule has 3 heteroatoms. The zero-order chi connectivity index (χ0) is 9.40. The van der Waals surface area contributed by atoms with Gasteiger partial charge in [0, 0.05) is 19.1 Å². The van der Waals surface area contributed by atoms with Crippen LogP contribution in [0.25, 0.3) is 0 Å². The number of amides is 1. The Morgan fingerprint density at radius 1 is 1.33 bits per heavy atom. The van der Waals surface area contributed by atoms with Gasteiger partial charge in [0.2, 0.25) is 5.91 Å². The number of carbonyl (C=O) groups is 1. The van der Waals surface area contributed by atoms with Crippen LogP contribution in [-0.2, 0) is 4.79 Å². The summed E-state index contributed by atoms with van der Waals surface area (Å²) in [6.45, 7) is 4.74. The highest BCUT2D eigenvalue weighted by molar-refractivity contribution is 5.77. The first-order valence-corrected chi connectivity index (χ1v) is 4.57.